The van der Waals surface area contributed by atoms with Crippen LogP contribution in [0.25, 0.3) is 10.9 Å². The number of rotatable bonds is 6. The number of carbonyl (C=O) groups excluding carboxylic acids is 1. The molecule has 1 aromatic heterocycles. The molecule has 0 radical (unpaired) electrons. The van der Waals surface area contributed by atoms with Crippen LogP contribution < -0.4 is 10.5 Å². The van der Waals surface area contributed by atoms with Crippen LogP contribution in [-0.2, 0) is 11.3 Å². The smallest absolute Gasteiger partial charge is 0.262 e. The van der Waals surface area contributed by atoms with Crippen molar-refractivity contribution in [2.24, 2.45) is 0 Å². The zero-order valence-corrected chi connectivity index (χ0v) is 19.2. The Hall–Kier alpha value is -3.38. The van der Waals surface area contributed by atoms with E-state index in [1.807, 2.05) is 86.6 Å². The lowest BCUT2D eigenvalue weighted by atomic mass is 10.1. The second-order valence-corrected chi connectivity index (χ2v) is 9.09. The Labute approximate surface area is 191 Å². The summed E-state index contributed by atoms with van der Waals surface area (Å²) in [5, 5.41) is 0.693. The highest BCUT2D eigenvalue weighted by Gasteiger charge is 2.23. The fraction of sp³-hybridized carbons (Fsp3) is 0.192. The van der Waals surface area contributed by atoms with Crippen LogP contribution >= 0.6 is 11.8 Å². The van der Waals surface area contributed by atoms with Crippen LogP contribution in [0.1, 0.15) is 18.1 Å². The van der Waals surface area contributed by atoms with E-state index >= 15 is 0 Å². The molecule has 162 valence electrons. The molecule has 1 unspecified atom stereocenters. The van der Waals surface area contributed by atoms with Gasteiger partial charge in [0.1, 0.15) is 0 Å². The SMILES string of the molecule is Cc1ccc(Cn2c(SC(C)C(=O)N(C)c3ccccc3)nc3ccccc3c2=O)cc1. The number of hydrogen-bond donors (Lipinski definition) is 0. The molecule has 5 nitrogen and oxygen atoms in total. The van der Waals surface area contributed by atoms with Crippen LogP contribution in [0.15, 0.2) is 88.8 Å². The highest BCUT2D eigenvalue weighted by molar-refractivity contribution is 8.00. The number of amides is 1. The largest absolute Gasteiger partial charge is 0.315 e. The van der Waals surface area contributed by atoms with Crippen molar-refractivity contribution in [3.63, 3.8) is 0 Å². The maximum Gasteiger partial charge on any atom is 0.262 e. The van der Waals surface area contributed by atoms with Gasteiger partial charge in [0.25, 0.3) is 5.56 Å². The molecule has 1 atom stereocenters. The number of aromatic nitrogens is 2. The number of hydrogen-bond acceptors (Lipinski definition) is 4. The molecule has 0 saturated carbocycles. The van der Waals surface area contributed by atoms with E-state index < -0.39 is 5.25 Å². The van der Waals surface area contributed by atoms with Crippen molar-refractivity contribution in [1.29, 1.82) is 0 Å². The highest BCUT2D eigenvalue weighted by Crippen LogP contribution is 2.26. The summed E-state index contributed by atoms with van der Waals surface area (Å²) in [6.07, 6.45) is 0. The fourth-order valence-corrected chi connectivity index (χ4v) is 4.51. The second kappa shape index (κ2) is 9.40. The van der Waals surface area contributed by atoms with Crippen LogP contribution in [0.4, 0.5) is 5.69 Å². The summed E-state index contributed by atoms with van der Waals surface area (Å²) in [4.78, 5) is 32.8. The van der Waals surface area contributed by atoms with Crippen molar-refractivity contribution in [3.05, 3.63) is 100 Å². The lowest BCUT2D eigenvalue weighted by Crippen LogP contribution is -2.34. The van der Waals surface area contributed by atoms with Gasteiger partial charge in [0, 0.05) is 12.7 Å². The van der Waals surface area contributed by atoms with E-state index in [-0.39, 0.29) is 11.5 Å². The third kappa shape index (κ3) is 4.60. The predicted octanol–water partition coefficient (Wildman–Crippen LogP) is 4.90. The average molecular weight is 444 g/mol. The van der Waals surface area contributed by atoms with Crippen LogP contribution in [0, 0.1) is 6.92 Å². The van der Waals surface area contributed by atoms with Crippen molar-refractivity contribution in [3.8, 4) is 0 Å². The molecule has 0 saturated heterocycles. The number of nitrogens with zero attached hydrogens (tertiary/aromatic N) is 3. The third-order valence-corrected chi connectivity index (χ3v) is 6.47. The van der Waals surface area contributed by atoms with Crippen LogP contribution in [-0.4, -0.2) is 27.8 Å². The van der Waals surface area contributed by atoms with Gasteiger partial charge in [-0.05, 0) is 43.7 Å². The Balaban J connectivity index is 1.69. The van der Waals surface area contributed by atoms with E-state index in [2.05, 4.69) is 0 Å². The highest BCUT2D eigenvalue weighted by atomic mass is 32.2. The summed E-state index contributed by atoms with van der Waals surface area (Å²) >= 11 is 1.31. The minimum atomic E-state index is -0.419. The Morgan fingerprint density at radius 3 is 2.38 bits per heavy atom. The number of benzene rings is 3. The summed E-state index contributed by atoms with van der Waals surface area (Å²) in [6.45, 7) is 4.28. The predicted molar refractivity (Wildman–Crippen MR) is 131 cm³/mol. The number of fused-ring (bicyclic) bond motifs is 1. The van der Waals surface area contributed by atoms with Gasteiger partial charge < -0.3 is 4.90 Å². The Morgan fingerprint density at radius 2 is 1.66 bits per heavy atom. The van der Waals surface area contributed by atoms with E-state index in [9.17, 15) is 9.59 Å². The van der Waals surface area contributed by atoms with Crippen LogP contribution in [0.3, 0.4) is 0 Å². The molecule has 0 aliphatic carbocycles. The molecule has 0 spiro atoms. The summed E-state index contributed by atoms with van der Waals surface area (Å²) in [6, 6.07) is 25.0. The van der Waals surface area contributed by atoms with Gasteiger partial charge in [-0.1, -0.05) is 71.9 Å². The monoisotopic (exact) mass is 443 g/mol. The summed E-state index contributed by atoms with van der Waals surface area (Å²) < 4.78 is 1.67. The molecule has 4 aromatic rings. The molecule has 32 heavy (non-hydrogen) atoms. The number of para-hydroxylation sites is 2. The second-order valence-electron chi connectivity index (χ2n) is 7.78. The first kappa shape index (κ1) is 21.8. The normalized spacial score (nSPS) is 12.0. The maximum absolute atomic E-state index is 13.3. The van der Waals surface area contributed by atoms with Crippen molar-refractivity contribution in [1.82, 2.24) is 9.55 Å². The van der Waals surface area contributed by atoms with Crippen molar-refractivity contribution in [2.45, 2.75) is 30.8 Å². The van der Waals surface area contributed by atoms with Crippen LogP contribution in [0.2, 0.25) is 0 Å². The van der Waals surface area contributed by atoms with Crippen molar-refractivity contribution in [2.75, 3.05) is 11.9 Å². The molecule has 4 rings (SSSR count). The number of anilines is 1. The molecule has 3 aromatic carbocycles. The molecular weight excluding hydrogens is 418 g/mol. The quantitative estimate of drug-likeness (QED) is 0.314. The molecule has 0 N–H and O–H groups in total. The van der Waals surface area contributed by atoms with Gasteiger partial charge in [0.15, 0.2) is 5.16 Å². The summed E-state index contributed by atoms with van der Waals surface area (Å²) in [5.41, 5.74) is 3.53. The minimum Gasteiger partial charge on any atom is -0.315 e. The standard InChI is InChI=1S/C26H25N3O2S/c1-18-13-15-20(16-14-18)17-29-25(31)22-11-7-8-12-23(22)27-26(29)32-19(2)24(30)28(3)21-9-5-4-6-10-21/h4-16,19H,17H2,1-3H3. The van der Waals surface area contributed by atoms with Gasteiger partial charge in [-0.25, -0.2) is 4.98 Å². The average Bonchev–Trinajstić information content (AvgIpc) is 2.82. The minimum absolute atomic E-state index is 0.0505. The van der Waals surface area contributed by atoms with E-state index in [0.29, 0.717) is 22.6 Å². The van der Waals surface area contributed by atoms with Gasteiger partial charge >= 0.3 is 0 Å². The lowest BCUT2D eigenvalue weighted by molar-refractivity contribution is -0.117. The van der Waals surface area contributed by atoms with Gasteiger partial charge in [-0.15, -0.1) is 0 Å². The first-order chi connectivity index (χ1) is 15.4. The Morgan fingerprint density at radius 1 is 1.00 bits per heavy atom. The van der Waals surface area contributed by atoms with Gasteiger partial charge in [0.2, 0.25) is 5.91 Å². The van der Waals surface area contributed by atoms with Gasteiger partial charge in [-0.2, -0.15) is 0 Å². The van der Waals surface area contributed by atoms with Crippen molar-refractivity contribution < 1.29 is 4.79 Å². The topological polar surface area (TPSA) is 55.2 Å². The van der Waals surface area contributed by atoms with E-state index in [4.69, 9.17) is 4.98 Å². The van der Waals surface area contributed by atoms with Crippen LogP contribution in [0.5, 0.6) is 0 Å². The molecule has 0 fully saturated rings. The molecule has 0 bridgehead atoms. The first-order valence-electron chi connectivity index (χ1n) is 10.5. The lowest BCUT2D eigenvalue weighted by Gasteiger charge is -2.22. The molecule has 6 heteroatoms. The zero-order valence-electron chi connectivity index (χ0n) is 18.4. The third-order valence-electron chi connectivity index (χ3n) is 5.39. The van der Waals surface area contributed by atoms with E-state index in [0.717, 1.165) is 16.8 Å². The number of aryl methyl sites for hydroxylation is 1. The number of carbonyl (C=O) groups is 1. The molecular formula is C26H25N3O2S. The van der Waals surface area contributed by atoms with E-state index in [1.54, 1.807) is 22.6 Å². The first-order valence-corrected chi connectivity index (χ1v) is 11.4. The van der Waals surface area contributed by atoms with Gasteiger partial charge in [-0.3, -0.25) is 14.2 Å². The molecule has 1 heterocycles. The molecule has 0 aliphatic rings. The number of thioether (sulfide) groups is 1. The van der Waals surface area contributed by atoms with E-state index in [1.165, 1.54) is 11.8 Å². The van der Waals surface area contributed by atoms with Gasteiger partial charge in [0.05, 0.1) is 22.7 Å². The fourth-order valence-electron chi connectivity index (χ4n) is 3.51. The zero-order chi connectivity index (χ0) is 22.7. The summed E-state index contributed by atoms with van der Waals surface area (Å²) in [7, 11) is 1.77. The summed E-state index contributed by atoms with van der Waals surface area (Å²) in [5.74, 6) is -0.0505. The molecule has 0 aliphatic heterocycles. The molecule has 1 amide bonds. The maximum atomic E-state index is 13.3. The Bertz CT molecular complexity index is 1300. The van der Waals surface area contributed by atoms with Crippen molar-refractivity contribution >= 4 is 34.3 Å². The Kier molecular flexibility index (Phi) is 6.42.